The minimum Gasteiger partial charge on any atom is -0.476 e. The molecule has 0 radical (unpaired) electrons. The SMILES string of the molecule is CC1(O)CCN(C(=O)NCCn2cnc(C(=O)O)c2)CC1. The van der Waals surface area contributed by atoms with Crippen molar-refractivity contribution < 1.29 is 19.8 Å². The van der Waals surface area contributed by atoms with Gasteiger partial charge in [-0.15, -0.1) is 0 Å². The van der Waals surface area contributed by atoms with E-state index in [1.807, 2.05) is 0 Å². The summed E-state index contributed by atoms with van der Waals surface area (Å²) in [5.41, 5.74) is -0.694. The molecule has 0 aliphatic carbocycles. The van der Waals surface area contributed by atoms with Gasteiger partial charge >= 0.3 is 12.0 Å². The molecule has 2 rings (SSSR count). The average molecular weight is 296 g/mol. The summed E-state index contributed by atoms with van der Waals surface area (Å²) in [5.74, 6) is -1.07. The van der Waals surface area contributed by atoms with Crippen LogP contribution in [0.3, 0.4) is 0 Å². The molecule has 2 amide bonds. The highest BCUT2D eigenvalue weighted by molar-refractivity contribution is 5.84. The van der Waals surface area contributed by atoms with E-state index >= 15 is 0 Å². The van der Waals surface area contributed by atoms with Gasteiger partial charge in [0.1, 0.15) is 0 Å². The number of piperidine rings is 1. The molecular formula is C13H20N4O4. The zero-order valence-corrected chi connectivity index (χ0v) is 11.9. The summed E-state index contributed by atoms with van der Waals surface area (Å²) in [6.45, 7) is 3.69. The molecule has 8 heteroatoms. The number of nitrogens with zero attached hydrogens (tertiary/aromatic N) is 3. The van der Waals surface area contributed by atoms with Gasteiger partial charge in [0.05, 0.1) is 11.9 Å². The highest BCUT2D eigenvalue weighted by atomic mass is 16.4. The number of carbonyl (C=O) groups excluding carboxylic acids is 1. The van der Waals surface area contributed by atoms with Crippen molar-refractivity contribution in [3.05, 3.63) is 18.2 Å². The molecule has 1 aliphatic heterocycles. The molecule has 21 heavy (non-hydrogen) atoms. The molecule has 1 aromatic heterocycles. The van der Waals surface area contributed by atoms with Gasteiger partial charge in [-0.1, -0.05) is 0 Å². The first-order valence-electron chi connectivity index (χ1n) is 6.88. The van der Waals surface area contributed by atoms with Crippen molar-refractivity contribution in [3.63, 3.8) is 0 Å². The molecule has 1 saturated heterocycles. The van der Waals surface area contributed by atoms with Gasteiger partial charge in [-0.25, -0.2) is 14.6 Å². The fraction of sp³-hybridized carbons (Fsp3) is 0.615. The first-order valence-corrected chi connectivity index (χ1v) is 6.88. The van der Waals surface area contributed by atoms with E-state index in [-0.39, 0.29) is 11.7 Å². The number of aromatic carboxylic acids is 1. The second kappa shape index (κ2) is 6.13. The largest absolute Gasteiger partial charge is 0.476 e. The summed E-state index contributed by atoms with van der Waals surface area (Å²) in [7, 11) is 0. The molecule has 0 saturated carbocycles. The van der Waals surface area contributed by atoms with Crippen LogP contribution in [0.1, 0.15) is 30.3 Å². The Balaban J connectivity index is 1.73. The summed E-state index contributed by atoms with van der Waals surface area (Å²) in [6, 6.07) is -0.163. The van der Waals surface area contributed by atoms with E-state index < -0.39 is 11.6 Å². The third kappa shape index (κ3) is 4.19. The average Bonchev–Trinajstić information content (AvgIpc) is 2.87. The van der Waals surface area contributed by atoms with Crippen molar-refractivity contribution in [2.24, 2.45) is 0 Å². The lowest BCUT2D eigenvalue weighted by atomic mass is 9.94. The van der Waals surface area contributed by atoms with E-state index in [0.717, 1.165) is 0 Å². The minimum atomic E-state index is -1.07. The molecule has 0 aromatic carbocycles. The second-order valence-corrected chi connectivity index (χ2v) is 5.52. The number of rotatable bonds is 4. The molecule has 0 atom stereocenters. The lowest BCUT2D eigenvalue weighted by Gasteiger charge is -2.35. The Kier molecular flexibility index (Phi) is 4.46. The van der Waals surface area contributed by atoms with E-state index in [4.69, 9.17) is 5.11 Å². The van der Waals surface area contributed by atoms with E-state index in [1.165, 1.54) is 12.5 Å². The number of carbonyl (C=O) groups is 2. The minimum absolute atomic E-state index is 0.0143. The van der Waals surface area contributed by atoms with Crippen LogP contribution in [-0.2, 0) is 6.54 Å². The number of carboxylic acid groups (broad SMARTS) is 1. The fourth-order valence-corrected chi connectivity index (χ4v) is 2.19. The van der Waals surface area contributed by atoms with Crippen molar-refractivity contribution in [3.8, 4) is 0 Å². The van der Waals surface area contributed by atoms with Gasteiger partial charge in [0, 0.05) is 32.4 Å². The van der Waals surface area contributed by atoms with Crippen LogP contribution in [0.15, 0.2) is 12.5 Å². The molecule has 0 unspecified atom stereocenters. The number of nitrogens with one attached hydrogen (secondary N) is 1. The number of aliphatic hydroxyl groups is 1. The molecular weight excluding hydrogens is 276 g/mol. The third-order valence-corrected chi connectivity index (χ3v) is 3.63. The Morgan fingerprint density at radius 3 is 2.67 bits per heavy atom. The third-order valence-electron chi connectivity index (χ3n) is 3.63. The van der Waals surface area contributed by atoms with E-state index in [9.17, 15) is 14.7 Å². The van der Waals surface area contributed by atoms with Gasteiger partial charge in [0.2, 0.25) is 0 Å². The van der Waals surface area contributed by atoms with Gasteiger partial charge in [-0.2, -0.15) is 0 Å². The van der Waals surface area contributed by atoms with Crippen LogP contribution in [0, 0.1) is 0 Å². The lowest BCUT2D eigenvalue weighted by molar-refractivity contribution is 0.00439. The Hall–Kier alpha value is -2.09. The summed E-state index contributed by atoms with van der Waals surface area (Å²) in [6.07, 6.45) is 3.99. The number of carboxylic acids is 1. The zero-order chi connectivity index (χ0) is 15.5. The molecule has 1 aliphatic rings. The predicted molar refractivity (Wildman–Crippen MR) is 74.0 cm³/mol. The summed E-state index contributed by atoms with van der Waals surface area (Å²) in [5, 5.41) is 21.4. The van der Waals surface area contributed by atoms with Crippen molar-refractivity contribution in [1.29, 1.82) is 0 Å². The Morgan fingerprint density at radius 1 is 1.43 bits per heavy atom. The van der Waals surface area contributed by atoms with Gasteiger partial charge < -0.3 is 25.0 Å². The summed E-state index contributed by atoms with van der Waals surface area (Å²) in [4.78, 5) is 28.0. The van der Waals surface area contributed by atoms with Gasteiger partial charge in [-0.3, -0.25) is 0 Å². The molecule has 116 valence electrons. The van der Waals surface area contributed by atoms with Crippen LogP contribution in [0.2, 0.25) is 0 Å². The molecule has 8 nitrogen and oxygen atoms in total. The number of hydrogen-bond donors (Lipinski definition) is 3. The quantitative estimate of drug-likeness (QED) is 0.732. The monoisotopic (exact) mass is 296 g/mol. The highest BCUT2D eigenvalue weighted by Crippen LogP contribution is 2.20. The lowest BCUT2D eigenvalue weighted by Crippen LogP contribution is -2.49. The zero-order valence-electron chi connectivity index (χ0n) is 11.9. The maximum Gasteiger partial charge on any atom is 0.356 e. The molecule has 0 spiro atoms. The molecule has 2 heterocycles. The molecule has 0 bridgehead atoms. The van der Waals surface area contributed by atoms with Crippen LogP contribution in [0.25, 0.3) is 0 Å². The summed E-state index contributed by atoms with van der Waals surface area (Å²) < 4.78 is 1.62. The fourth-order valence-electron chi connectivity index (χ4n) is 2.19. The number of imidazole rings is 1. The number of urea groups is 1. The van der Waals surface area contributed by atoms with Gasteiger partial charge in [-0.05, 0) is 19.8 Å². The standard InChI is InChI=1S/C13H20N4O4/c1-13(21)2-5-17(6-3-13)12(20)14-4-7-16-8-10(11(18)19)15-9-16/h8-9,21H,2-7H2,1H3,(H,14,20)(H,18,19). The van der Waals surface area contributed by atoms with E-state index in [2.05, 4.69) is 10.3 Å². The van der Waals surface area contributed by atoms with Crippen LogP contribution >= 0.6 is 0 Å². The van der Waals surface area contributed by atoms with Gasteiger partial charge in [0.15, 0.2) is 5.69 Å². The predicted octanol–water partition coefficient (Wildman–Crippen LogP) is 0.138. The van der Waals surface area contributed by atoms with Crippen molar-refractivity contribution in [2.45, 2.75) is 31.9 Å². The van der Waals surface area contributed by atoms with Gasteiger partial charge in [0.25, 0.3) is 0 Å². The van der Waals surface area contributed by atoms with Crippen LogP contribution in [0.4, 0.5) is 4.79 Å². The number of hydrogen-bond acceptors (Lipinski definition) is 4. The Morgan fingerprint density at radius 2 is 2.10 bits per heavy atom. The topological polar surface area (TPSA) is 108 Å². The normalized spacial score (nSPS) is 17.5. The smallest absolute Gasteiger partial charge is 0.356 e. The van der Waals surface area contributed by atoms with Crippen molar-refractivity contribution >= 4 is 12.0 Å². The van der Waals surface area contributed by atoms with E-state index in [1.54, 1.807) is 16.4 Å². The van der Waals surface area contributed by atoms with Crippen LogP contribution in [0.5, 0.6) is 0 Å². The number of amides is 2. The van der Waals surface area contributed by atoms with Crippen molar-refractivity contribution in [2.75, 3.05) is 19.6 Å². The number of aromatic nitrogens is 2. The molecule has 1 fully saturated rings. The molecule has 1 aromatic rings. The van der Waals surface area contributed by atoms with Crippen molar-refractivity contribution in [1.82, 2.24) is 19.8 Å². The Labute approximate surface area is 122 Å². The first kappa shape index (κ1) is 15.3. The maximum atomic E-state index is 11.9. The maximum absolute atomic E-state index is 11.9. The number of likely N-dealkylation sites (tertiary alicyclic amines) is 1. The second-order valence-electron chi connectivity index (χ2n) is 5.52. The summed E-state index contributed by atoms with van der Waals surface area (Å²) >= 11 is 0. The van der Waals surface area contributed by atoms with E-state index in [0.29, 0.717) is 39.0 Å². The Bertz CT molecular complexity index is 516. The highest BCUT2D eigenvalue weighted by Gasteiger charge is 2.29. The van der Waals surface area contributed by atoms with Crippen LogP contribution in [-0.4, -0.2) is 61.9 Å². The molecule has 3 N–H and O–H groups in total. The first-order chi connectivity index (χ1) is 9.87. The van der Waals surface area contributed by atoms with Crippen LogP contribution < -0.4 is 5.32 Å².